The van der Waals surface area contributed by atoms with Gasteiger partial charge in [-0.25, -0.2) is 4.79 Å². The Morgan fingerprint density at radius 1 is 1.46 bits per heavy atom. The molecule has 13 heavy (non-hydrogen) atoms. The molecule has 0 aromatic rings. The number of carbonyl (C=O) groups is 1. The van der Waals surface area contributed by atoms with E-state index in [9.17, 15) is 4.79 Å². The lowest BCUT2D eigenvalue weighted by Crippen LogP contribution is -2.11. The number of carbonyl (C=O) groups excluding carboxylic acids is 1. The molecule has 0 aliphatic carbocycles. The van der Waals surface area contributed by atoms with Crippen LogP contribution in [0.5, 0.6) is 0 Å². The fraction of sp³-hybridized carbons (Fsp3) is 0.889. The van der Waals surface area contributed by atoms with Crippen LogP contribution in [-0.2, 0) is 9.47 Å². The summed E-state index contributed by atoms with van der Waals surface area (Å²) in [4.78, 5) is 9.91. The van der Waals surface area contributed by atoms with Gasteiger partial charge in [0.15, 0.2) is 0 Å². The van der Waals surface area contributed by atoms with Gasteiger partial charge in [-0.2, -0.15) is 0 Å². The fourth-order valence-electron chi connectivity index (χ4n) is 0.348. The quantitative estimate of drug-likeness (QED) is 0.687. The third-order valence-corrected chi connectivity index (χ3v) is 1.08. The minimum absolute atomic E-state index is 0.296. The van der Waals surface area contributed by atoms with Crippen molar-refractivity contribution in [2.75, 3.05) is 20.3 Å². The number of hydrogen-bond donors (Lipinski definition) is 1. The Morgan fingerprint density at radius 3 is 2.00 bits per heavy atom. The Morgan fingerprint density at radius 2 is 1.92 bits per heavy atom. The summed E-state index contributed by atoms with van der Waals surface area (Å²) in [5.41, 5.74) is 0. The minimum atomic E-state index is -0.296. The highest BCUT2D eigenvalue weighted by Gasteiger charge is 2.06. The van der Waals surface area contributed by atoms with E-state index in [0.29, 0.717) is 19.3 Å². The van der Waals surface area contributed by atoms with Gasteiger partial charge in [0.1, 0.15) is 6.61 Å². The predicted octanol–water partition coefficient (Wildman–Crippen LogP) is 1.79. The van der Waals surface area contributed by atoms with E-state index >= 15 is 0 Å². The number of rotatable bonds is 1. The first-order chi connectivity index (χ1) is 6.16. The van der Waals surface area contributed by atoms with Crippen LogP contribution in [0.1, 0.15) is 27.7 Å². The SMILES string of the molecule is CC.COC(C)C.O=C1NCCO1. The van der Waals surface area contributed by atoms with E-state index in [1.165, 1.54) is 0 Å². The van der Waals surface area contributed by atoms with Crippen molar-refractivity contribution in [2.24, 2.45) is 0 Å². The van der Waals surface area contributed by atoms with Crippen molar-refractivity contribution in [3.63, 3.8) is 0 Å². The van der Waals surface area contributed by atoms with E-state index < -0.39 is 0 Å². The molecule has 0 spiro atoms. The molecule has 4 nitrogen and oxygen atoms in total. The molecule has 80 valence electrons. The maximum Gasteiger partial charge on any atom is 0.407 e. The van der Waals surface area contributed by atoms with Crippen molar-refractivity contribution in [1.29, 1.82) is 0 Å². The number of hydrogen-bond acceptors (Lipinski definition) is 3. The molecule has 0 saturated carbocycles. The van der Waals surface area contributed by atoms with Gasteiger partial charge < -0.3 is 14.8 Å². The molecule has 1 fully saturated rings. The summed E-state index contributed by atoms with van der Waals surface area (Å²) in [5.74, 6) is 0. The van der Waals surface area contributed by atoms with E-state index in [1.54, 1.807) is 7.11 Å². The van der Waals surface area contributed by atoms with Crippen LogP contribution < -0.4 is 5.32 Å². The van der Waals surface area contributed by atoms with Crippen molar-refractivity contribution in [3.8, 4) is 0 Å². The van der Waals surface area contributed by atoms with Crippen LogP contribution in [0.15, 0.2) is 0 Å². The van der Waals surface area contributed by atoms with Gasteiger partial charge in [-0.05, 0) is 13.8 Å². The molecule has 1 saturated heterocycles. The van der Waals surface area contributed by atoms with E-state index in [4.69, 9.17) is 4.74 Å². The van der Waals surface area contributed by atoms with Gasteiger partial charge in [0.25, 0.3) is 0 Å². The minimum Gasteiger partial charge on any atom is -0.448 e. The van der Waals surface area contributed by atoms with Crippen LogP contribution in [0.25, 0.3) is 0 Å². The van der Waals surface area contributed by atoms with Crippen LogP contribution in [0.4, 0.5) is 4.79 Å². The van der Waals surface area contributed by atoms with Crippen LogP contribution in [0.3, 0.4) is 0 Å². The summed E-state index contributed by atoms with van der Waals surface area (Å²) in [7, 11) is 1.70. The van der Waals surface area contributed by atoms with Crippen molar-refractivity contribution in [2.45, 2.75) is 33.8 Å². The number of nitrogens with one attached hydrogen (secondary N) is 1. The third kappa shape index (κ3) is 14.1. The number of alkyl carbamates (subject to hydrolysis) is 1. The Bertz CT molecular complexity index is 107. The maximum atomic E-state index is 9.91. The van der Waals surface area contributed by atoms with Gasteiger partial charge >= 0.3 is 6.09 Å². The van der Waals surface area contributed by atoms with E-state index in [1.807, 2.05) is 27.7 Å². The summed E-state index contributed by atoms with van der Waals surface area (Å²) < 4.78 is 9.15. The van der Waals surface area contributed by atoms with Gasteiger partial charge in [0, 0.05) is 7.11 Å². The molecule has 4 heteroatoms. The zero-order chi connectivity index (χ0) is 10.7. The van der Waals surface area contributed by atoms with Crippen LogP contribution >= 0.6 is 0 Å². The van der Waals surface area contributed by atoms with Crippen LogP contribution in [-0.4, -0.2) is 32.5 Å². The summed E-state index contributed by atoms with van der Waals surface area (Å²) in [6, 6.07) is 0. The average Bonchev–Trinajstić information content (AvgIpc) is 2.60. The molecular formula is C9H21NO3. The number of ether oxygens (including phenoxy) is 2. The van der Waals surface area contributed by atoms with Crippen molar-refractivity contribution in [3.05, 3.63) is 0 Å². The highest BCUT2D eigenvalue weighted by atomic mass is 16.6. The second-order valence-corrected chi connectivity index (χ2v) is 2.35. The highest BCUT2D eigenvalue weighted by molar-refractivity contribution is 5.68. The molecular weight excluding hydrogens is 170 g/mol. The first kappa shape index (κ1) is 14.7. The highest BCUT2D eigenvalue weighted by Crippen LogP contribution is 1.82. The summed E-state index contributed by atoms with van der Waals surface area (Å²) in [5, 5.41) is 2.46. The van der Waals surface area contributed by atoms with Gasteiger partial charge in [-0.3, -0.25) is 0 Å². The Kier molecular flexibility index (Phi) is 12.7. The zero-order valence-electron chi connectivity index (χ0n) is 9.22. The number of amides is 1. The third-order valence-electron chi connectivity index (χ3n) is 1.08. The van der Waals surface area contributed by atoms with E-state index in [0.717, 1.165) is 0 Å². The molecule has 1 N–H and O–H groups in total. The number of cyclic esters (lactones) is 1. The molecule has 0 unspecified atom stereocenters. The van der Waals surface area contributed by atoms with E-state index in [2.05, 4.69) is 10.1 Å². The topological polar surface area (TPSA) is 47.6 Å². The van der Waals surface area contributed by atoms with Crippen molar-refractivity contribution >= 4 is 6.09 Å². The van der Waals surface area contributed by atoms with E-state index in [-0.39, 0.29) is 6.09 Å². The molecule has 1 amide bonds. The molecule has 0 aromatic heterocycles. The van der Waals surface area contributed by atoms with Gasteiger partial charge in [0.2, 0.25) is 0 Å². The average molecular weight is 191 g/mol. The van der Waals surface area contributed by atoms with Crippen LogP contribution in [0.2, 0.25) is 0 Å². The summed E-state index contributed by atoms with van der Waals surface area (Å²) >= 11 is 0. The Hall–Kier alpha value is -0.770. The van der Waals surface area contributed by atoms with Gasteiger partial charge in [0.05, 0.1) is 12.6 Å². The molecule has 0 atom stereocenters. The molecule has 0 aromatic carbocycles. The lowest BCUT2D eigenvalue weighted by Gasteiger charge is -1.94. The lowest BCUT2D eigenvalue weighted by atomic mass is 10.5. The van der Waals surface area contributed by atoms with Crippen LogP contribution in [0, 0.1) is 0 Å². The van der Waals surface area contributed by atoms with Crippen molar-refractivity contribution in [1.82, 2.24) is 5.32 Å². The number of methoxy groups -OCH3 is 1. The Labute approximate surface area is 80.6 Å². The Balaban J connectivity index is 0. The molecule has 0 bridgehead atoms. The molecule has 1 rings (SSSR count). The first-order valence-electron chi connectivity index (χ1n) is 4.60. The normalized spacial score (nSPS) is 13.2. The largest absolute Gasteiger partial charge is 0.448 e. The van der Waals surface area contributed by atoms with Gasteiger partial charge in [-0.15, -0.1) is 0 Å². The first-order valence-corrected chi connectivity index (χ1v) is 4.60. The molecule has 1 aliphatic rings. The lowest BCUT2D eigenvalue weighted by molar-refractivity contribution is 0.134. The summed E-state index contributed by atoms with van der Waals surface area (Å²) in [6.45, 7) is 9.19. The predicted molar refractivity (Wildman–Crippen MR) is 52.8 cm³/mol. The molecule has 0 radical (unpaired) electrons. The van der Waals surface area contributed by atoms with Crippen molar-refractivity contribution < 1.29 is 14.3 Å². The fourth-order valence-corrected chi connectivity index (χ4v) is 0.348. The second-order valence-electron chi connectivity index (χ2n) is 2.35. The monoisotopic (exact) mass is 191 g/mol. The second kappa shape index (κ2) is 11.2. The smallest absolute Gasteiger partial charge is 0.407 e. The molecule has 1 aliphatic heterocycles. The van der Waals surface area contributed by atoms with Gasteiger partial charge in [-0.1, -0.05) is 13.8 Å². The molecule has 1 heterocycles. The maximum absolute atomic E-state index is 9.91. The zero-order valence-corrected chi connectivity index (χ0v) is 9.22. The standard InChI is InChI=1S/C4H10O.C3H5NO2.C2H6/c1-4(2)5-3;5-3-4-1-2-6-3;1-2/h4H,1-3H3;1-2H2,(H,4,5);1-2H3. The summed E-state index contributed by atoms with van der Waals surface area (Å²) in [6.07, 6.45) is 0.0880.